The van der Waals surface area contributed by atoms with Gasteiger partial charge < -0.3 is 20.1 Å². The Hall–Kier alpha value is -3.35. The van der Waals surface area contributed by atoms with Crippen LogP contribution in [0, 0.1) is 17.8 Å². The third-order valence-corrected chi connectivity index (χ3v) is 7.15. The van der Waals surface area contributed by atoms with Crippen LogP contribution in [0.2, 0.25) is 0 Å². The van der Waals surface area contributed by atoms with Gasteiger partial charge in [0.2, 0.25) is 5.91 Å². The predicted molar refractivity (Wildman–Crippen MR) is 128 cm³/mol. The second-order valence-corrected chi connectivity index (χ2v) is 9.67. The molecule has 180 valence electrons. The zero-order valence-corrected chi connectivity index (χ0v) is 19.9. The molecule has 34 heavy (non-hydrogen) atoms. The minimum Gasteiger partial charge on any atom is -0.481 e. The summed E-state index contributed by atoms with van der Waals surface area (Å²) < 4.78 is 5.60. The molecular formula is C27H32N2O5. The third-order valence-electron chi connectivity index (χ3n) is 7.15. The summed E-state index contributed by atoms with van der Waals surface area (Å²) in [5, 5.41) is 12.2. The summed E-state index contributed by atoms with van der Waals surface area (Å²) in [6.07, 6.45) is 0.00515. The predicted octanol–water partition coefficient (Wildman–Crippen LogP) is 4.12. The number of ether oxygens (including phenoxy) is 1. The summed E-state index contributed by atoms with van der Waals surface area (Å²) in [6, 6.07) is 15.8. The van der Waals surface area contributed by atoms with Crippen LogP contribution in [-0.4, -0.2) is 53.7 Å². The Morgan fingerprint density at radius 3 is 2.21 bits per heavy atom. The Balaban J connectivity index is 1.34. The lowest BCUT2D eigenvalue weighted by atomic mass is 9.89. The van der Waals surface area contributed by atoms with E-state index >= 15 is 0 Å². The van der Waals surface area contributed by atoms with E-state index in [-0.39, 0.29) is 30.9 Å². The summed E-state index contributed by atoms with van der Waals surface area (Å²) in [4.78, 5) is 38.7. The van der Waals surface area contributed by atoms with E-state index in [0.29, 0.717) is 13.0 Å². The highest BCUT2D eigenvalue weighted by Gasteiger charge is 2.35. The molecule has 2 N–H and O–H groups in total. The maximum atomic E-state index is 13.0. The van der Waals surface area contributed by atoms with Crippen LogP contribution in [0.15, 0.2) is 48.5 Å². The average Bonchev–Trinajstić information content (AvgIpc) is 3.15. The summed E-state index contributed by atoms with van der Waals surface area (Å²) >= 11 is 0. The van der Waals surface area contributed by atoms with Gasteiger partial charge in [0.15, 0.2) is 0 Å². The molecule has 2 aromatic rings. The van der Waals surface area contributed by atoms with Crippen molar-refractivity contribution in [1.82, 2.24) is 10.2 Å². The van der Waals surface area contributed by atoms with Crippen molar-refractivity contribution in [2.24, 2.45) is 17.8 Å². The molecule has 2 aliphatic rings. The minimum atomic E-state index is -0.873. The van der Waals surface area contributed by atoms with Crippen molar-refractivity contribution < 1.29 is 24.2 Å². The van der Waals surface area contributed by atoms with Gasteiger partial charge in [0.1, 0.15) is 6.61 Å². The molecule has 2 aromatic carbocycles. The van der Waals surface area contributed by atoms with Gasteiger partial charge in [-0.15, -0.1) is 0 Å². The fraction of sp³-hybridized carbons (Fsp3) is 0.444. The Morgan fingerprint density at radius 1 is 1.03 bits per heavy atom. The molecule has 1 fully saturated rings. The maximum absolute atomic E-state index is 13.0. The molecule has 4 atom stereocenters. The van der Waals surface area contributed by atoms with Crippen LogP contribution in [0.25, 0.3) is 11.1 Å². The van der Waals surface area contributed by atoms with E-state index < -0.39 is 29.9 Å². The van der Waals surface area contributed by atoms with E-state index in [4.69, 9.17) is 4.74 Å². The largest absolute Gasteiger partial charge is 0.481 e. The van der Waals surface area contributed by atoms with Gasteiger partial charge in [-0.2, -0.15) is 0 Å². The standard InChI is InChI=1S/C27H32N2O5/c1-16-12-19(26(31)32)14-29(13-16)25(30)17(2)18(3)28-27(33)34-15-24-22-10-6-4-8-20(22)21-9-5-7-11-23(21)24/h4-11,16-19,24H,12-15H2,1-3H3,(H,28,33)(H,31,32). The summed E-state index contributed by atoms with van der Waals surface area (Å²) in [5.74, 6) is -1.98. The number of rotatable bonds is 6. The molecule has 1 saturated heterocycles. The highest BCUT2D eigenvalue weighted by atomic mass is 16.5. The Morgan fingerprint density at radius 2 is 1.62 bits per heavy atom. The number of carbonyl (C=O) groups is 3. The Labute approximate surface area is 200 Å². The van der Waals surface area contributed by atoms with Gasteiger partial charge in [0, 0.05) is 25.0 Å². The number of carbonyl (C=O) groups excluding carboxylic acids is 2. The molecule has 7 heteroatoms. The number of carboxylic acids is 1. The van der Waals surface area contributed by atoms with Crippen molar-refractivity contribution in [3.63, 3.8) is 0 Å². The van der Waals surface area contributed by atoms with Crippen LogP contribution in [0.1, 0.15) is 44.2 Å². The normalized spacial score (nSPS) is 21.2. The van der Waals surface area contributed by atoms with Crippen LogP contribution in [-0.2, 0) is 14.3 Å². The van der Waals surface area contributed by atoms with Gasteiger partial charge in [0.25, 0.3) is 0 Å². The number of nitrogens with one attached hydrogen (secondary N) is 1. The van der Waals surface area contributed by atoms with Gasteiger partial charge in [0.05, 0.1) is 11.8 Å². The van der Waals surface area contributed by atoms with Crippen LogP contribution in [0.4, 0.5) is 4.79 Å². The van der Waals surface area contributed by atoms with E-state index in [1.165, 1.54) is 0 Å². The molecule has 0 aromatic heterocycles. The Bertz CT molecular complexity index is 1040. The number of hydrogen-bond acceptors (Lipinski definition) is 4. The number of piperidine rings is 1. The van der Waals surface area contributed by atoms with Crippen molar-refractivity contribution in [3.8, 4) is 11.1 Å². The summed E-state index contributed by atoms with van der Waals surface area (Å²) in [7, 11) is 0. The van der Waals surface area contributed by atoms with E-state index in [0.717, 1.165) is 22.3 Å². The number of fused-ring (bicyclic) bond motifs is 3. The first-order chi connectivity index (χ1) is 16.3. The number of alkyl carbamates (subject to hydrolysis) is 1. The SMILES string of the molecule is CC1CC(C(=O)O)CN(C(=O)C(C)C(C)NC(=O)OCC2c3ccccc3-c3ccccc32)C1. The zero-order chi connectivity index (χ0) is 24.4. The number of likely N-dealkylation sites (tertiary alicyclic amines) is 1. The van der Waals surface area contributed by atoms with Crippen LogP contribution < -0.4 is 5.32 Å². The van der Waals surface area contributed by atoms with Gasteiger partial charge in [-0.3, -0.25) is 9.59 Å². The quantitative estimate of drug-likeness (QED) is 0.671. The maximum Gasteiger partial charge on any atom is 0.407 e. The first kappa shape index (κ1) is 23.8. The van der Waals surface area contributed by atoms with E-state index in [9.17, 15) is 19.5 Å². The lowest BCUT2D eigenvalue weighted by molar-refractivity contribution is -0.148. The molecule has 0 spiro atoms. The lowest BCUT2D eigenvalue weighted by Crippen LogP contribution is -2.51. The van der Waals surface area contributed by atoms with E-state index in [1.807, 2.05) is 31.2 Å². The molecule has 1 aliphatic carbocycles. The number of aliphatic carboxylic acids is 1. The first-order valence-corrected chi connectivity index (χ1v) is 11.9. The minimum absolute atomic E-state index is 0.0321. The van der Waals surface area contributed by atoms with Crippen molar-refractivity contribution >= 4 is 18.0 Å². The van der Waals surface area contributed by atoms with Crippen molar-refractivity contribution in [3.05, 3.63) is 59.7 Å². The fourth-order valence-electron chi connectivity index (χ4n) is 5.16. The third kappa shape index (κ3) is 4.79. The second-order valence-electron chi connectivity index (χ2n) is 9.67. The number of benzene rings is 2. The smallest absolute Gasteiger partial charge is 0.407 e. The second kappa shape index (κ2) is 9.87. The van der Waals surface area contributed by atoms with Crippen LogP contribution >= 0.6 is 0 Å². The van der Waals surface area contributed by atoms with Gasteiger partial charge >= 0.3 is 12.1 Å². The van der Waals surface area contributed by atoms with E-state index in [2.05, 4.69) is 29.6 Å². The fourth-order valence-corrected chi connectivity index (χ4v) is 5.16. The number of amides is 2. The van der Waals surface area contributed by atoms with Gasteiger partial charge in [-0.1, -0.05) is 62.4 Å². The van der Waals surface area contributed by atoms with Gasteiger partial charge in [-0.25, -0.2) is 4.79 Å². The van der Waals surface area contributed by atoms with Crippen LogP contribution in [0.3, 0.4) is 0 Å². The molecule has 4 unspecified atom stereocenters. The Kier molecular flexibility index (Phi) is 6.91. The monoisotopic (exact) mass is 464 g/mol. The van der Waals surface area contributed by atoms with Crippen molar-refractivity contribution in [1.29, 1.82) is 0 Å². The molecule has 0 bridgehead atoms. The van der Waals surface area contributed by atoms with E-state index in [1.54, 1.807) is 18.7 Å². The molecule has 7 nitrogen and oxygen atoms in total. The topological polar surface area (TPSA) is 95.9 Å². The highest BCUT2D eigenvalue weighted by molar-refractivity contribution is 5.82. The van der Waals surface area contributed by atoms with Crippen molar-refractivity contribution in [2.75, 3.05) is 19.7 Å². The molecule has 4 rings (SSSR count). The van der Waals surface area contributed by atoms with Gasteiger partial charge in [-0.05, 0) is 41.5 Å². The first-order valence-electron chi connectivity index (χ1n) is 11.9. The molecule has 1 aliphatic heterocycles. The molecular weight excluding hydrogens is 432 g/mol. The molecule has 0 saturated carbocycles. The summed E-state index contributed by atoms with van der Waals surface area (Å²) in [5.41, 5.74) is 4.60. The number of carboxylic acid groups (broad SMARTS) is 1. The number of hydrogen-bond donors (Lipinski definition) is 2. The lowest BCUT2D eigenvalue weighted by Gasteiger charge is -2.37. The molecule has 2 amide bonds. The zero-order valence-electron chi connectivity index (χ0n) is 19.9. The molecule has 1 heterocycles. The average molecular weight is 465 g/mol. The van der Waals surface area contributed by atoms with Crippen LogP contribution in [0.5, 0.6) is 0 Å². The molecule has 0 radical (unpaired) electrons. The summed E-state index contributed by atoms with van der Waals surface area (Å²) in [6.45, 7) is 6.43. The number of nitrogens with zero attached hydrogens (tertiary/aromatic N) is 1. The van der Waals surface area contributed by atoms with Crippen molar-refractivity contribution in [2.45, 2.75) is 39.2 Å². The highest BCUT2D eigenvalue weighted by Crippen LogP contribution is 2.44.